The first kappa shape index (κ1) is 16.7. The van der Waals surface area contributed by atoms with Crippen molar-refractivity contribution >= 4 is 22.6 Å². The van der Waals surface area contributed by atoms with E-state index in [2.05, 4.69) is 0 Å². The number of anilines is 1. The van der Waals surface area contributed by atoms with Crippen LogP contribution in [0.4, 0.5) is 10.1 Å². The van der Waals surface area contributed by atoms with Crippen LogP contribution in [0.3, 0.4) is 0 Å². The summed E-state index contributed by atoms with van der Waals surface area (Å²) in [5.74, 6) is -2.05. The topological polar surface area (TPSA) is 85.3 Å². The monoisotopic (exact) mass is 294 g/mol. The van der Waals surface area contributed by atoms with Gasteiger partial charge in [0.15, 0.2) is 0 Å². The third-order valence-corrected chi connectivity index (χ3v) is 2.89. The molecule has 2 aromatic rings. The van der Waals surface area contributed by atoms with Crippen LogP contribution in [0.25, 0.3) is 10.9 Å². The number of hydrogen-bond acceptors (Lipinski definition) is 3. The maximum atomic E-state index is 13.5. The van der Waals surface area contributed by atoms with Crippen molar-refractivity contribution in [3.05, 3.63) is 39.9 Å². The number of nitrogens with zero attached hydrogens (tertiary/aromatic N) is 1. The highest BCUT2D eigenvalue weighted by Crippen LogP contribution is 2.19. The summed E-state index contributed by atoms with van der Waals surface area (Å²) in [6.45, 7) is 6.43. The van der Waals surface area contributed by atoms with Crippen LogP contribution in [0.15, 0.2) is 23.1 Å². The minimum absolute atomic E-state index is 0.0278. The van der Waals surface area contributed by atoms with Crippen LogP contribution in [-0.2, 0) is 6.54 Å². The van der Waals surface area contributed by atoms with Gasteiger partial charge in [-0.1, -0.05) is 20.8 Å². The van der Waals surface area contributed by atoms with Crippen LogP contribution < -0.4 is 11.2 Å². The molecule has 0 saturated heterocycles. The van der Waals surface area contributed by atoms with Crippen molar-refractivity contribution in [1.82, 2.24) is 4.57 Å². The summed E-state index contributed by atoms with van der Waals surface area (Å²) in [7, 11) is 0. The van der Waals surface area contributed by atoms with Crippen molar-refractivity contribution in [2.24, 2.45) is 0 Å². The second-order valence-electron chi connectivity index (χ2n) is 4.26. The number of aromatic nitrogens is 1. The van der Waals surface area contributed by atoms with E-state index in [1.54, 1.807) is 4.57 Å². The molecule has 1 heterocycles. The Morgan fingerprint density at radius 1 is 1.38 bits per heavy atom. The molecule has 2 rings (SSSR count). The Morgan fingerprint density at radius 3 is 2.52 bits per heavy atom. The summed E-state index contributed by atoms with van der Waals surface area (Å²) in [5, 5.41) is 9.04. The van der Waals surface area contributed by atoms with E-state index < -0.39 is 17.2 Å². The van der Waals surface area contributed by atoms with E-state index in [1.165, 1.54) is 12.3 Å². The number of nitrogen functional groups attached to an aromatic ring is 1. The largest absolute Gasteiger partial charge is 0.477 e. The Bertz CT molecular complexity index is 723. The Kier molecular flexibility index (Phi) is 5.46. The molecule has 0 aliphatic carbocycles. The van der Waals surface area contributed by atoms with Gasteiger partial charge in [0.05, 0.1) is 11.2 Å². The molecule has 1 aromatic carbocycles. The predicted molar refractivity (Wildman–Crippen MR) is 81.2 cm³/mol. The summed E-state index contributed by atoms with van der Waals surface area (Å²) in [6, 6.07) is 2.35. The smallest absolute Gasteiger partial charge is 0.341 e. The lowest BCUT2D eigenvalue weighted by atomic mass is 10.1. The maximum absolute atomic E-state index is 13.5. The predicted octanol–water partition coefficient (Wildman–Crippen LogP) is 2.86. The van der Waals surface area contributed by atoms with Crippen molar-refractivity contribution in [3.8, 4) is 0 Å². The van der Waals surface area contributed by atoms with Crippen molar-refractivity contribution in [3.63, 3.8) is 0 Å². The molecule has 3 N–H and O–H groups in total. The number of hydrogen-bond donors (Lipinski definition) is 2. The van der Waals surface area contributed by atoms with Gasteiger partial charge in [0, 0.05) is 18.1 Å². The van der Waals surface area contributed by atoms with Gasteiger partial charge in [0.1, 0.15) is 11.4 Å². The van der Waals surface area contributed by atoms with Crippen LogP contribution in [0.1, 0.15) is 37.6 Å². The first-order valence-corrected chi connectivity index (χ1v) is 6.81. The van der Waals surface area contributed by atoms with Crippen molar-refractivity contribution < 1.29 is 14.3 Å². The Hall–Kier alpha value is -2.37. The molecule has 0 saturated carbocycles. The lowest BCUT2D eigenvalue weighted by Gasteiger charge is -2.12. The Morgan fingerprint density at radius 2 is 2.00 bits per heavy atom. The Labute approximate surface area is 121 Å². The molecule has 1 aromatic heterocycles. The molecule has 0 spiro atoms. The number of pyridine rings is 1. The number of aromatic carboxylic acids is 1. The van der Waals surface area contributed by atoms with Crippen LogP contribution in [0.2, 0.25) is 0 Å². The molecule has 0 fully saturated rings. The number of fused-ring (bicyclic) bond motifs is 1. The van der Waals surface area contributed by atoms with Gasteiger partial charge in [0.2, 0.25) is 5.43 Å². The van der Waals surface area contributed by atoms with E-state index in [9.17, 15) is 14.0 Å². The fourth-order valence-corrected chi connectivity index (χ4v) is 2.00. The van der Waals surface area contributed by atoms with E-state index >= 15 is 0 Å². The van der Waals surface area contributed by atoms with Crippen molar-refractivity contribution in [2.75, 3.05) is 5.73 Å². The third kappa shape index (κ3) is 3.21. The fraction of sp³-hybridized carbons (Fsp3) is 0.333. The van der Waals surface area contributed by atoms with Crippen LogP contribution in [-0.4, -0.2) is 15.6 Å². The average Bonchev–Trinajstić information content (AvgIpc) is 2.46. The van der Waals surface area contributed by atoms with E-state index in [0.29, 0.717) is 12.1 Å². The highest BCUT2D eigenvalue weighted by atomic mass is 19.1. The molecule has 21 heavy (non-hydrogen) atoms. The second kappa shape index (κ2) is 6.88. The number of benzene rings is 1. The van der Waals surface area contributed by atoms with Gasteiger partial charge < -0.3 is 15.4 Å². The average molecular weight is 294 g/mol. The number of carboxylic acid groups (broad SMARTS) is 1. The van der Waals surface area contributed by atoms with Gasteiger partial charge in [-0.3, -0.25) is 4.79 Å². The quantitative estimate of drug-likeness (QED) is 0.852. The zero-order valence-electron chi connectivity index (χ0n) is 12.3. The highest BCUT2D eigenvalue weighted by Gasteiger charge is 2.15. The summed E-state index contributed by atoms with van der Waals surface area (Å²) in [5.41, 5.74) is 4.79. The van der Waals surface area contributed by atoms with E-state index in [-0.39, 0.29) is 16.6 Å². The summed E-state index contributed by atoms with van der Waals surface area (Å²) in [6.07, 6.45) is 2.02. The summed E-state index contributed by atoms with van der Waals surface area (Å²) < 4.78 is 15.1. The zero-order chi connectivity index (χ0) is 16.2. The first-order valence-electron chi connectivity index (χ1n) is 6.81. The summed E-state index contributed by atoms with van der Waals surface area (Å²) >= 11 is 0. The third-order valence-electron chi connectivity index (χ3n) is 2.89. The Balaban J connectivity index is 0.00000106. The fourth-order valence-electron chi connectivity index (χ4n) is 2.00. The highest BCUT2D eigenvalue weighted by molar-refractivity contribution is 5.93. The molecule has 114 valence electrons. The van der Waals surface area contributed by atoms with Gasteiger partial charge in [-0.05, 0) is 18.6 Å². The number of nitrogens with two attached hydrogens (primary N) is 1. The number of carboxylic acids is 1. The molecule has 0 aliphatic heterocycles. The lowest BCUT2D eigenvalue weighted by Crippen LogP contribution is -2.19. The van der Waals surface area contributed by atoms with Crippen LogP contribution >= 0.6 is 0 Å². The number of rotatable bonds is 3. The molecule has 0 radical (unpaired) electrons. The van der Waals surface area contributed by atoms with E-state index in [1.807, 2.05) is 20.8 Å². The molecule has 0 atom stereocenters. The second-order valence-corrected chi connectivity index (χ2v) is 4.26. The molecule has 0 aliphatic rings. The summed E-state index contributed by atoms with van der Waals surface area (Å²) in [4.78, 5) is 23.0. The minimum atomic E-state index is -1.33. The van der Waals surface area contributed by atoms with Gasteiger partial charge >= 0.3 is 5.97 Å². The molecule has 6 heteroatoms. The minimum Gasteiger partial charge on any atom is -0.477 e. The standard InChI is InChI=1S/C13H13FN2O3.C2H6/c1-2-3-16-6-8(13(18)19)12(17)7-4-9(14)10(15)5-11(7)16;1-2/h4-6H,2-3,15H2,1H3,(H,18,19);1-2H3. The van der Waals surface area contributed by atoms with Crippen LogP contribution in [0, 0.1) is 5.82 Å². The van der Waals surface area contributed by atoms with Crippen LogP contribution in [0.5, 0.6) is 0 Å². The molecule has 0 unspecified atom stereocenters. The van der Waals surface area contributed by atoms with E-state index in [4.69, 9.17) is 10.8 Å². The SMILES string of the molecule is CC.CCCn1cc(C(=O)O)c(=O)c2cc(F)c(N)cc21. The molecular weight excluding hydrogens is 275 g/mol. The molecule has 0 bridgehead atoms. The van der Waals surface area contributed by atoms with Gasteiger partial charge in [-0.2, -0.15) is 0 Å². The van der Waals surface area contributed by atoms with Gasteiger partial charge in [-0.15, -0.1) is 0 Å². The van der Waals surface area contributed by atoms with Gasteiger partial charge in [-0.25, -0.2) is 9.18 Å². The van der Waals surface area contributed by atoms with E-state index in [0.717, 1.165) is 12.5 Å². The lowest BCUT2D eigenvalue weighted by molar-refractivity contribution is 0.0695. The number of halogens is 1. The molecule has 0 amide bonds. The van der Waals surface area contributed by atoms with Gasteiger partial charge in [0.25, 0.3) is 0 Å². The number of carbonyl (C=O) groups is 1. The maximum Gasteiger partial charge on any atom is 0.341 e. The van der Waals surface area contributed by atoms with Crippen molar-refractivity contribution in [2.45, 2.75) is 33.7 Å². The molecule has 5 nitrogen and oxygen atoms in total. The normalized spacial score (nSPS) is 10.1. The zero-order valence-corrected chi connectivity index (χ0v) is 12.3. The number of aryl methyl sites for hydroxylation is 1. The molecular formula is C15H19FN2O3. The first-order chi connectivity index (χ1) is 9.95. The van der Waals surface area contributed by atoms with Crippen molar-refractivity contribution in [1.29, 1.82) is 0 Å².